The van der Waals surface area contributed by atoms with Crippen LogP contribution in [-0.4, -0.2) is 16.0 Å². The van der Waals surface area contributed by atoms with Gasteiger partial charge in [0.2, 0.25) is 0 Å². The minimum Gasteiger partial charge on any atom is -0.392 e. The Labute approximate surface area is 104 Å². The molecule has 0 aliphatic rings. The highest BCUT2D eigenvalue weighted by atomic mass is 32.2. The van der Waals surface area contributed by atoms with E-state index < -0.39 is 5.82 Å². The third kappa shape index (κ3) is 5.53. The van der Waals surface area contributed by atoms with Gasteiger partial charge in [-0.3, -0.25) is 4.79 Å². The number of rotatable bonds is 3. The number of aliphatic hydroxyl groups excluding tert-OH is 1. The molecule has 0 bridgehead atoms. The van der Waals surface area contributed by atoms with Crippen molar-refractivity contribution in [2.24, 2.45) is 0 Å². The fourth-order valence-corrected chi connectivity index (χ4v) is 1.72. The number of hydrogen-bond acceptors (Lipinski definition) is 3. The normalized spacial score (nSPS) is 9.59. The van der Waals surface area contributed by atoms with E-state index in [1.165, 1.54) is 30.8 Å². The van der Waals surface area contributed by atoms with Crippen LogP contribution in [-0.2, 0) is 11.4 Å². The van der Waals surface area contributed by atoms with Crippen molar-refractivity contribution in [3.05, 3.63) is 35.1 Å². The molecule has 4 heteroatoms. The molecule has 1 rings (SSSR count). The number of aliphatic hydroxyl groups is 1. The van der Waals surface area contributed by atoms with Gasteiger partial charge in [-0.15, -0.1) is 0 Å². The lowest BCUT2D eigenvalue weighted by Crippen LogP contribution is -1.88. The maximum Gasteiger partial charge on any atom is 0.185 e. The molecule has 0 aliphatic heterocycles. The standard InChI is InChI=1S/C13H13FO2S/c1-10(16)17-5-3-2-4-11-6-12(9-15)8-13(14)7-11/h6-8,15H,3,5,9H2,1H3. The van der Waals surface area contributed by atoms with E-state index >= 15 is 0 Å². The van der Waals surface area contributed by atoms with Gasteiger partial charge in [-0.25, -0.2) is 4.39 Å². The van der Waals surface area contributed by atoms with Crippen LogP contribution in [0.15, 0.2) is 18.2 Å². The number of benzene rings is 1. The Balaban J connectivity index is 2.59. The molecule has 0 saturated carbocycles. The second kappa shape index (κ2) is 7.10. The highest BCUT2D eigenvalue weighted by Crippen LogP contribution is 2.08. The average Bonchev–Trinajstić information content (AvgIpc) is 2.27. The molecular weight excluding hydrogens is 239 g/mol. The van der Waals surface area contributed by atoms with Gasteiger partial charge in [0.1, 0.15) is 5.82 Å². The zero-order valence-corrected chi connectivity index (χ0v) is 10.3. The van der Waals surface area contributed by atoms with Crippen LogP contribution < -0.4 is 0 Å². The van der Waals surface area contributed by atoms with E-state index in [4.69, 9.17) is 5.11 Å². The van der Waals surface area contributed by atoms with Crippen LogP contribution in [0.2, 0.25) is 0 Å². The van der Waals surface area contributed by atoms with Gasteiger partial charge in [-0.1, -0.05) is 23.6 Å². The SMILES string of the molecule is CC(=O)SCCC#Cc1cc(F)cc(CO)c1. The molecule has 1 N–H and O–H groups in total. The van der Waals surface area contributed by atoms with Gasteiger partial charge >= 0.3 is 0 Å². The predicted molar refractivity (Wildman–Crippen MR) is 67.0 cm³/mol. The summed E-state index contributed by atoms with van der Waals surface area (Å²) in [6.45, 7) is 1.31. The zero-order chi connectivity index (χ0) is 12.7. The minimum atomic E-state index is -0.404. The Morgan fingerprint density at radius 3 is 2.88 bits per heavy atom. The molecule has 1 aromatic rings. The van der Waals surface area contributed by atoms with Crippen LogP contribution in [0.3, 0.4) is 0 Å². The Kier molecular flexibility index (Phi) is 5.75. The molecule has 0 unspecified atom stereocenters. The third-order valence-electron chi connectivity index (χ3n) is 1.91. The molecule has 0 spiro atoms. The number of carbonyl (C=O) groups excluding carboxylic acids is 1. The molecule has 17 heavy (non-hydrogen) atoms. The van der Waals surface area contributed by atoms with Crippen molar-refractivity contribution in [1.29, 1.82) is 0 Å². The van der Waals surface area contributed by atoms with Crippen molar-refractivity contribution in [3.8, 4) is 11.8 Å². The van der Waals surface area contributed by atoms with Crippen LogP contribution in [0.5, 0.6) is 0 Å². The Morgan fingerprint density at radius 1 is 1.47 bits per heavy atom. The summed E-state index contributed by atoms with van der Waals surface area (Å²) in [5.41, 5.74) is 1.05. The molecule has 0 heterocycles. The van der Waals surface area contributed by atoms with Crippen LogP contribution in [0.4, 0.5) is 4.39 Å². The molecule has 1 aromatic carbocycles. The fourth-order valence-electron chi connectivity index (χ4n) is 1.22. The quantitative estimate of drug-likeness (QED) is 0.662. The number of thioether (sulfide) groups is 1. The van der Waals surface area contributed by atoms with E-state index in [0.29, 0.717) is 23.3 Å². The monoisotopic (exact) mass is 252 g/mol. The zero-order valence-electron chi connectivity index (χ0n) is 9.50. The van der Waals surface area contributed by atoms with Gasteiger partial charge in [0.05, 0.1) is 6.61 Å². The molecule has 0 aliphatic carbocycles. The first-order valence-electron chi connectivity index (χ1n) is 5.14. The first kappa shape index (κ1) is 13.8. The van der Waals surface area contributed by atoms with Gasteiger partial charge in [-0.05, 0) is 23.8 Å². The van der Waals surface area contributed by atoms with E-state index in [1.807, 2.05) is 0 Å². The number of carbonyl (C=O) groups is 1. The average molecular weight is 252 g/mol. The Bertz CT molecular complexity index is 460. The van der Waals surface area contributed by atoms with Crippen LogP contribution in [0.1, 0.15) is 24.5 Å². The van der Waals surface area contributed by atoms with E-state index in [1.54, 1.807) is 6.07 Å². The first-order valence-corrected chi connectivity index (χ1v) is 6.13. The highest BCUT2D eigenvalue weighted by Gasteiger charge is 1.97. The Morgan fingerprint density at radius 2 is 2.24 bits per heavy atom. The van der Waals surface area contributed by atoms with Crippen LogP contribution >= 0.6 is 11.8 Å². The molecule has 2 nitrogen and oxygen atoms in total. The molecular formula is C13H13FO2S. The van der Waals surface area contributed by atoms with Crippen molar-refractivity contribution in [2.75, 3.05) is 5.75 Å². The van der Waals surface area contributed by atoms with Crippen molar-refractivity contribution < 1.29 is 14.3 Å². The first-order chi connectivity index (χ1) is 8.11. The van der Waals surface area contributed by atoms with Crippen molar-refractivity contribution in [3.63, 3.8) is 0 Å². The molecule has 0 saturated heterocycles. The molecule has 0 fully saturated rings. The lowest BCUT2D eigenvalue weighted by molar-refractivity contribution is -0.109. The van der Waals surface area contributed by atoms with Gasteiger partial charge in [-0.2, -0.15) is 0 Å². The van der Waals surface area contributed by atoms with Crippen molar-refractivity contribution in [1.82, 2.24) is 0 Å². The van der Waals surface area contributed by atoms with E-state index in [0.717, 1.165) is 0 Å². The second-order valence-electron chi connectivity index (χ2n) is 3.40. The molecule has 0 atom stereocenters. The van der Waals surface area contributed by atoms with Gasteiger partial charge in [0.15, 0.2) is 5.12 Å². The van der Waals surface area contributed by atoms with E-state index in [-0.39, 0.29) is 11.7 Å². The van der Waals surface area contributed by atoms with Crippen molar-refractivity contribution >= 4 is 16.9 Å². The number of hydrogen-bond donors (Lipinski definition) is 1. The summed E-state index contributed by atoms with van der Waals surface area (Å²) in [5, 5.41) is 8.97. The van der Waals surface area contributed by atoms with E-state index in [2.05, 4.69) is 11.8 Å². The molecule has 0 amide bonds. The smallest absolute Gasteiger partial charge is 0.185 e. The van der Waals surface area contributed by atoms with Gasteiger partial charge in [0, 0.05) is 24.7 Å². The summed E-state index contributed by atoms with van der Waals surface area (Å²) in [6, 6.07) is 4.25. The van der Waals surface area contributed by atoms with Crippen LogP contribution in [0.25, 0.3) is 0 Å². The lowest BCUT2D eigenvalue weighted by atomic mass is 10.1. The predicted octanol–water partition coefficient (Wildman–Crippen LogP) is 2.34. The van der Waals surface area contributed by atoms with Gasteiger partial charge in [0.25, 0.3) is 0 Å². The molecule has 0 radical (unpaired) electrons. The summed E-state index contributed by atoms with van der Waals surface area (Å²) in [7, 11) is 0. The summed E-state index contributed by atoms with van der Waals surface area (Å²) < 4.78 is 13.1. The van der Waals surface area contributed by atoms with Crippen LogP contribution in [0, 0.1) is 17.7 Å². The van der Waals surface area contributed by atoms with E-state index in [9.17, 15) is 9.18 Å². The van der Waals surface area contributed by atoms with Gasteiger partial charge < -0.3 is 5.11 Å². The highest BCUT2D eigenvalue weighted by molar-refractivity contribution is 8.13. The Hall–Kier alpha value is -1.31. The lowest BCUT2D eigenvalue weighted by Gasteiger charge is -1.97. The third-order valence-corrected chi connectivity index (χ3v) is 2.72. The topological polar surface area (TPSA) is 37.3 Å². The second-order valence-corrected chi connectivity index (χ2v) is 4.67. The maximum atomic E-state index is 13.1. The summed E-state index contributed by atoms with van der Waals surface area (Å²) in [6.07, 6.45) is 0.579. The summed E-state index contributed by atoms with van der Waals surface area (Å²) in [4.78, 5) is 10.6. The summed E-state index contributed by atoms with van der Waals surface area (Å²) >= 11 is 1.22. The summed E-state index contributed by atoms with van der Waals surface area (Å²) in [5.74, 6) is 5.91. The largest absolute Gasteiger partial charge is 0.392 e. The van der Waals surface area contributed by atoms with Crippen molar-refractivity contribution in [2.45, 2.75) is 20.0 Å². The number of halogens is 1. The molecule has 0 aromatic heterocycles. The molecule has 90 valence electrons. The fraction of sp³-hybridized carbons (Fsp3) is 0.308. The minimum absolute atomic E-state index is 0.0696. The maximum absolute atomic E-state index is 13.1.